The number of halogens is 2. The van der Waals surface area contributed by atoms with Crippen molar-refractivity contribution in [2.45, 2.75) is 19.8 Å². The number of hydrogen-bond acceptors (Lipinski definition) is 9. The zero-order chi connectivity index (χ0) is 33.4. The summed E-state index contributed by atoms with van der Waals surface area (Å²) in [5, 5.41) is 7.64. The van der Waals surface area contributed by atoms with E-state index in [1.165, 1.54) is 20.3 Å². The number of carbonyl (C=O) groups is 1. The molecule has 0 saturated carbocycles. The molecule has 0 aliphatic carbocycles. The van der Waals surface area contributed by atoms with E-state index in [2.05, 4.69) is 52.9 Å². The number of pyridine rings is 1. The molecule has 4 heterocycles. The number of anilines is 4. The van der Waals surface area contributed by atoms with E-state index in [0.29, 0.717) is 61.3 Å². The largest absolute Gasteiger partial charge is 0.495 e. The van der Waals surface area contributed by atoms with Crippen LogP contribution in [0.2, 0.25) is 10.0 Å². The van der Waals surface area contributed by atoms with Crippen LogP contribution in [0.1, 0.15) is 25.5 Å². The normalized spacial score (nSPS) is 13.7. The minimum atomic E-state index is -0.316. The van der Waals surface area contributed by atoms with Gasteiger partial charge in [0.2, 0.25) is 11.9 Å². The molecule has 5 aromatic rings. The Labute approximate surface area is 283 Å². The van der Waals surface area contributed by atoms with Gasteiger partial charge in [-0.05, 0) is 43.3 Å². The maximum Gasteiger partial charge on any atom is 0.247 e. The second kappa shape index (κ2) is 13.3. The molecule has 47 heavy (non-hydrogen) atoms. The number of hydrogen-bond donors (Lipinski definition) is 2. The van der Waals surface area contributed by atoms with Crippen LogP contribution in [0.3, 0.4) is 0 Å². The average molecular weight is 676 g/mol. The van der Waals surface area contributed by atoms with Gasteiger partial charge in [-0.2, -0.15) is 4.98 Å². The third kappa shape index (κ3) is 6.26. The first-order valence-corrected chi connectivity index (χ1v) is 15.9. The van der Waals surface area contributed by atoms with Crippen LogP contribution in [0.25, 0.3) is 27.8 Å². The van der Waals surface area contributed by atoms with Gasteiger partial charge in [0.15, 0.2) is 5.65 Å². The molecular formula is C34H36Cl2N8O3. The molecule has 0 bridgehead atoms. The highest BCUT2D eigenvalue weighted by Crippen LogP contribution is 2.47. The molecule has 0 atom stereocenters. The summed E-state index contributed by atoms with van der Waals surface area (Å²) >= 11 is 13.7. The number of ether oxygens (including phenoxy) is 2. The first-order valence-electron chi connectivity index (χ1n) is 15.2. The molecule has 6 rings (SSSR count). The molecule has 0 radical (unpaired) electrons. The number of benzene rings is 2. The van der Waals surface area contributed by atoms with E-state index in [-0.39, 0.29) is 11.8 Å². The number of piperazine rings is 1. The molecule has 2 aromatic carbocycles. The molecule has 1 aliphatic rings. The van der Waals surface area contributed by atoms with Crippen molar-refractivity contribution < 1.29 is 14.3 Å². The lowest BCUT2D eigenvalue weighted by atomic mass is 10.0. The number of aromatic nitrogens is 4. The van der Waals surface area contributed by atoms with Crippen molar-refractivity contribution in [2.75, 3.05) is 63.0 Å². The van der Waals surface area contributed by atoms with Gasteiger partial charge in [-0.25, -0.2) is 9.97 Å². The van der Waals surface area contributed by atoms with Gasteiger partial charge in [0.05, 0.1) is 41.3 Å². The van der Waals surface area contributed by atoms with E-state index >= 15 is 0 Å². The molecule has 0 unspecified atom stereocenters. The molecule has 3 aromatic heterocycles. The van der Waals surface area contributed by atoms with Gasteiger partial charge in [0.25, 0.3) is 0 Å². The summed E-state index contributed by atoms with van der Waals surface area (Å²) < 4.78 is 13.0. The second-order valence-electron chi connectivity index (χ2n) is 11.7. The van der Waals surface area contributed by atoms with Crippen LogP contribution in [0.5, 0.6) is 11.5 Å². The van der Waals surface area contributed by atoms with Gasteiger partial charge in [0.1, 0.15) is 17.1 Å². The first kappa shape index (κ1) is 32.4. The molecule has 13 heteroatoms. The van der Waals surface area contributed by atoms with Crippen LogP contribution < -0.4 is 25.0 Å². The van der Waals surface area contributed by atoms with Gasteiger partial charge >= 0.3 is 0 Å². The predicted octanol–water partition coefficient (Wildman–Crippen LogP) is 7.01. The van der Waals surface area contributed by atoms with Crippen molar-refractivity contribution in [3.63, 3.8) is 0 Å². The van der Waals surface area contributed by atoms with E-state index in [4.69, 9.17) is 42.6 Å². The minimum Gasteiger partial charge on any atom is -0.495 e. The Bertz CT molecular complexity index is 1980. The van der Waals surface area contributed by atoms with E-state index < -0.39 is 0 Å². The Morgan fingerprint density at radius 2 is 1.68 bits per heavy atom. The molecule has 0 spiro atoms. The summed E-state index contributed by atoms with van der Waals surface area (Å²) in [5.74, 6) is 1.00. The number of likely N-dealkylation sites (N-methyl/N-ethyl adjacent to an activating group) is 1. The van der Waals surface area contributed by atoms with Gasteiger partial charge in [0, 0.05) is 66.8 Å². The zero-order valence-electron chi connectivity index (χ0n) is 26.9. The third-order valence-electron chi connectivity index (χ3n) is 8.29. The number of nitrogens with one attached hydrogen (secondary N) is 2. The fourth-order valence-corrected chi connectivity index (χ4v) is 6.31. The molecule has 1 aliphatic heterocycles. The van der Waals surface area contributed by atoms with E-state index in [1.54, 1.807) is 12.3 Å². The molecule has 244 valence electrons. The van der Waals surface area contributed by atoms with Crippen molar-refractivity contribution in [2.24, 2.45) is 0 Å². The quantitative estimate of drug-likeness (QED) is 0.160. The van der Waals surface area contributed by atoms with Crippen molar-refractivity contribution in [1.29, 1.82) is 0 Å². The summed E-state index contributed by atoms with van der Waals surface area (Å²) in [7, 11) is 5.19. The van der Waals surface area contributed by atoms with Crippen molar-refractivity contribution in [3.8, 4) is 22.6 Å². The number of rotatable bonds is 9. The minimum absolute atomic E-state index is 0.137. The second-order valence-corrected chi connectivity index (χ2v) is 12.4. The van der Waals surface area contributed by atoms with Gasteiger partial charge in [-0.15, -0.1) is 0 Å². The van der Waals surface area contributed by atoms with E-state index in [0.717, 1.165) is 42.9 Å². The van der Waals surface area contributed by atoms with Crippen LogP contribution in [0.4, 0.5) is 23.0 Å². The molecule has 11 nitrogen and oxygen atoms in total. The third-order valence-corrected chi connectivity index (χ3v) is 9.04. The fourth-order valence-electron chi connectivity index (χ4n) is 5.60. The Morgan fingerprint density at radius 1 is 0.979 bits per heavy atom. The maximum atomic E-state index is 12.4. The zero-order valence-corrected chi connectivity index (χ0v) is 28.4. The predicted molar refractivity (Wildman–Crippen MR) is 189 cm³/mol. The first-order chi connectivity index (χ1) is 22.6. The number of methoxy groups -OCH3 is 2. The summed E-state index contributed by atoms with van der Waals surface area (Å²) in [6.45, 7) is 11.5. The Kier molecular flexibility index (Phi) is 9.14. The van der Waals surface area contributed by atoms with Gasteiger partial charge < -0.3 is 29.9 Å². The lowest BCUT2D eigenvalue weighted by Crippen LogP contribution is -2.44. The lowest BCUT2D eigenvalue weighted by molar-refractivity contribution is -0.111. The highest BCUT2D eigenvalue weighted by molar-refractivity contribution is 6.41. The van der Waals surface area contributed by atoms with E-state index in [9.17, 15) is 4.79 Å². The fraction of sp³-hybridized carbons (Fsp3) is 0.294. The van der Waals surface area contributed by atoms with Gasteiger partial charge in [-0.1, -0.05) is 43.6 Å². The number of carbonyl (C=O) groups excluding carboxylic acids is 1. The van der Waals surface area contributed by atoms with Crippen molar-refractivity contribution >= 4 is 68.8 Å². The summed E-state index contributed by atoms with van der Waals surface area (Å²) in [4.78, 5) is 31.6. The smallest absolute Gasteiger partial charge is 0.247 e. The monoisotopic (exact) mass is 674 g/mol. The lowest BCUT2D eigenvalue weighted by Gasteiger charge is -2.34. The topological polar surface area (TPSA) is 109 Å². The Balaban J connectivity index is 1.46. The number of nitrogens with zero attached hydrogens (tertiary/aromatic N) is 6. The molecular weight excluding hydrogens is 639 g/mol. The number of amides is 1. The van der Waals surface area contributed by atoms with Crippen LogP contribution in [0.15, 0.2) is 55.4 Å². The summed E-state index contributed by atoms with van der Waals surface area (Å²) in [6, 6.07) is 9.48. The molecule has 1 saturated heterocycles. The average Bonchev–Trinajstić information content (AvgIpc) is 3.53. The molecule has 1 amide bonds. The van der Waals surface area contributed by atoms with Crippen LogP contribution in [-0.2, 0) is 4.79 Å². The SMILES string of the molecule is C=CC(=O)Nc1cc(N2CCN(C)CC2)ccc1Nc1ncc2cc(-c3c(Cl)c(OC)cc(OC)c3Cl)c3nc(C(C)C)cn3c2n1. The van der Waals surface area contributed by atoms with Gasteiger partial charge in [-0.3, -0.25) is 9.20 Å². The molecule has 2 N–H and O–H groups in total. The summed E-state index contributed by atoms with van der Waals surface area (Å²) in [5.41, 5.74) is 5.55. The Morgan fingerprint density at radius 3 is 2.32 bits per heavy atom. The van der Waals surface area contributed by atoms with Crippen molar-refractivity contribution in [1.82, 2.24) is 24.3 Å². The van der Waals surface area contributed by atoms with Crippen molar-refractivity contribution in [3.05, 3.63) is 71.1 Å². The standard InChI is InChI=1S/C34H36Cl2N8O3/c1-7-28(45)38-24-15-21(43-12-10-42(4)11-13-43)8-9-23(24)40-34-37-17-20-14-22(29-30(35)26(46-5)16-27(47-6)31(29)36)33-39-25(19(2)3)18-44(33)32(20)41-34/h7-9,14-19H,1,10-13H2,2-6H3,(H,38,45)(H,37,40,41). The highest BCUT2D eigenvalue weighted by Gasteiger charge is 2.24. The molecule has 1 fully saturated rings. The van der Waals surface area contributed by atoms with E-state index in [1.807, 2.05) is 34.9 Å². The Hall–Kier alpha value is -4.58. The number of imidazole rings is 1. The number of fused-ring (bicyclic) bond motifs is 3. The van der Waals surface area contributed by atoms with Crippen LogP contribution in [0, 0.1) is 0 Å². The highest BCUT2D eigenvalue weighted by atomic mass is 35.5. The summed E-state index contributed by atoms with van der Waals surface area (Å²) in [6.07, 6.45) is 4.93. The van der Waals surface area contributed by atoms with Crippen LogP contribution >= 0.6 is 23.2 Å². The maximum absolute atomic E-state index is 12.4. The van der Waals surface area contributed by atoms with Crippen LogP contribution in [-0.4, -0.2) is 77.6 Å².